The van der Waals surface area contributed by atoms with Crippen LogP contribution in [0.3, 0.4) is 0 Å². The summed E-state index contributed by atoms with van der Waals surface area (Å²) in [6.45, 7) is 0.688. The minimum absolute atomic E-state index is 0.0299. The quantitative estimate of drug-likeness (QED) is 0.616. The first-order valence-electron chi connectivity index (χ1n) is 7.89. The van der Waals surface area contributed by atoms with E-state index in [4.69, 9.17) is 9.47 Å². The Hall–Kier alpha value is -3.09. The molecule has 0 aliphatic carbocycles. The number of carbonyl (C=O) groups excluding carboxylic acids is 1. The van der Waals surface area contributed by atoms with E-state index in [0.717, 1.165) is 0 Å². The lowest BCUT2D eigenvalue weighted by Crippen LogP contribution is -2.42. The highest BCUT2D eigenvalue weighted by atomic mass is 16.6. The number of carbonyl (C=O) groups is 1. The average Bonchev–Trinajstić information content (AvgIpc) is 2.61. The maximum Gasteiger partial charge on any atom is 0.273 e. The first-order valence-corrected chi connectivity index (χ1v) is 7.89. The Kier molecular flexibility index (Phi) is 4.83. The molecular weight excluding hydrogens is 324 g/mol. The molecule has 0 saturated carbocycles. The number of para-hydroxylation sites is 3. The van der Waals surface area contributed by atoms with Gasteiger partial charge in [0, 0.05) is 18.7 Å². The molecule has 0 N–H and O–H groups in total. The van der Waals surface area contributed by atoms with Crippen LogP contribution in [0.1, 0.15) is 5.56 Å². The second kappa shape index (κ2) is 7.21. The van der Waals surface area contributed by atoms with E-state index in [0.29, 0.717) is 30.2 Å². The molecule has 25 heavy (non-hydrogen) atoms. The van der Waals surface area contributed by atoms with Gasteiger partial charge in [-0.25, -0.2) is 0 Å². The number of ether oxygens (including phenoxy) is 2. The fourth-order valence-corrected chi connectivity index (χ4v) is 2.70. The molecule has 0 fully saturated rings. The molecule has 0 spiro atoms. The van der Waals surface area contributed by atoms with Crippen molar-refractivity contribution >= 4 is 11.6 Å². The predicted molar refractivity (Wildman–Crippen MR) is 90.8 cm³/mol. The van der Waals surface area contributed by atoms with Gasteiger partial charge in [0.05, 0.1) is 17.9 Å². The van der Waals surface area contributed by atoms with Crippen molar-refractivity contribution in [1.29, 1.82) is 0 Å². The summed E-state index contributed by atoms with van der Waals surface area (Å²) in [7, 11) is 1.65. The van der Waals surface area contributed by atoms with Crippen LogP contribution >= 0.6 is 0 Å². The van der Waals surface area contributed by atoms with E-state index in [1.54, 1.807) is 25.2 Å². The average molecular weight is 342 g/mol. The van der Waals surface area contributed by atoms with Gasteiger partial charge < -0.3 is 14.4 Å². The Morgan fingerprint density at radius 3 is 2.64 bits per heavy atom. The van der Waals surface area contributed by atoms with E-state index < -0.39 is 4.92 Å². The molecule has 0 saturated heterocycles. The first kappa shape index (κ1) is 16.8. The molecule has 1 amide bonds. The maximum atomic E-state index is 12.4. The minimum atomic E-state index is -0.475. The molecule has 1 aliphatic heterocycles. The number of hydrogen-bond donors (Lipinski definition) is 0. The molecule has 1 atom stereocenters. The third-order valence-electron chi connectivity index (χ3n) is 4.00. The van der Waals surface area contributed by atoms with Crippen LogP contribution in [0.15, 0.2) is 48.5 Å². The van der Waals surface area contributed by atoms with Gasteiger partial charge in [-0.3, -0.25) is 14.9 Å². The molecule has 2 aromatic carbocycles. The Labute approximate surface area is 144 Å². The number of benzene rings is 2. The van der Waals surface area contributed by atoms with Gasteiger partial charge in [0.15, 0.2) is 17.6 Å². The summed E-state index contributed by atoms with van der Waals surface area (Å²) >= 11 is 0. The van der Waals surface area contributed by atoms with Gasteiger partial charge in [-0.15, -0.1) is 0 Å². The van der Waals surface area contributed by atoms with E-state index in [2.05, 4.69) is 0 Å². The van der Waals surface area contributed by atoms with E-state index >= 15 is 0 Å². The highest BCUT2D eigenvalue weighted by Gasteiger charge is 2.24. The molecular formula is C18H18N2O5. The molecule has 0 radical (unpaired) electrons. The zero-order chi connectivity index (χ0) is 17.8. The SMILES string of the molecule is CN(C[C@@H]1COc2ccccc2O1)C(=O)Cc1ccccc1[N+](=O)[O-]. The van der Waals surface area contributed by atoms with Gasteiger partial charge in [0.25, 0.3) is 5.69 Å². The number of amides is 1. The van der Waals surface area contributed by atoms with Gasteiger partial charge in [-0.05, 0) is 12.1 Å². The van der Waals surface area contributed by atoms with Crippen LogP contribution in [-0.4, -0.2) is 42.0 Å². The topological polar surface area (TPSA) is 81.9 Å². The minimum Gasteiger partial charge on any atom is -0.486 e. The molecule has 1 aliphatic rings. The number of nitrogens with zero attached hydrogens (tertiary/aromatic N) is 2. The van der Waals surface area contributed by atoms with Crippen molar-refractivity contribution < 1.29 is 19.2 Å². The van der Waals surface area contributed by atoms with Gasteiger partial charge in [-0.1, -0.05) is 30.3 Å². The molecule has 130 valence electrons. The summed E-state index contributed by atoms with van der Waals surface area (Å²) in [6, 6.07) is 13.6. The zero-order valence-corrected chi connectivity index (χ0v) is 13.8. The van der Waals surface area contributed by atoms with Gasteiger partial charge >= 0.3 is 0 Å². The monoisotopic (exact) mass is 342 g/mol. The van der Waals surface area contributed by atoms with E-state index in [-0.39, 0.29) is 24.1 Å². The summed E-state index contributed by atoms with van der Waals surface area (Å²) in [5.74, 6) is 1.13. The van der Waals surface area contributed by atoms with Crippen LogP contribution < -0.4 is 9.47 Å². The lowest BCUT2D eigenvalue weighted by Gasteiger charge is -2.29. The van der Waals surface area contributed by atoms with Crippen molar-refractivity contribution in [2.45, 2.75) is 12.5 Å². The third kappa shape index (κ3) is 3.88. The van der Waals surface area contributed by atoms with E-state index in [1.807, 2.05) is 24.3 Å². The van der Waals surface area contributed by atoms with Crippen LogP contribution in [0.25, 0.3) is 0 Å². The van der Waals surface area contributed by atoms with Gasteiger partial charge in [0.2, 0.25) is 5.91 Å². The zero-order valence-electron chi connectivity index (χ0n) is 13.8. The number of rotatable bonds is 5. The van der Waals surface area contributed by atoms with Crippen molar-refractivity contribution in [2.24, 2.45) is 0 Å². The molecule has 0 unspecified atom stereocenters. The lowest BCUT2D eigenvalue weighted by molar-refractivity contribution is -0.385. The lowest BCUT2D eigenvalue weighted by atomic mass is 10.1. The van der Waals surface area contributed by atoms with Crippen molar-refractivity contribution in [3.63, 3.8) is 0 Å². The Bertz CT molecular complexity index is 793. The van der Waals surface area contributed by atoms with E-state index in [1.165, 1.54) is 11.0 Å². The molecule has 7 nitrogen and oxygen atoms in total. The van der Waals surface area contributed by atoms with Crippen LogP contribution in [0.2, 0.25) is 0 Å². The fourth-order valence-electron chi connectivity index (χ4n) is 2.70. The smallest absolute Gasteiger partial charge is 0.273 e. The number of likely N-dealkylation sites (N-methyl/N-ethyl adjacent to an activating group) is 1. The van der Waals surface area contributed by atoms with Crippen LogP contribution in [0.5, 0.6) is 11.5 Å². The Balaban J connectivity index is 1.61. The summed E-state index contributed by atoms with van der Waals surface area (Å²) in [4.78, 5) is 24.5. The first-order chi connectivity index (χ1) is 12.0. The van der Waals surface area contributed by atoms with Crippen molar-refractivity contribution in [3.05, 3.63) is 64.2 Å². The molecule has 1 heterocycles. The van der Waals surface area contributed by atoms with E-state index in [9.17, 15) is 14.9 Å². The standard InChI is InChI=1S/C18H18N2O5/c1-19(11-14-12-24-16-8-4-5-9-17(16)25-14)18(21)10-13-6-2-3-7-15(13)20(22)23/h2-9,14H,10-12H2,1H3/t14-/m1/s1. The summed E-state index contributed by atoms with van der Waals surface area (Å²) < 4.78 is 11.5. The highest BCUT2D eigenvalue weighted by molar-refractivity contribution is 5.79. The molecule has 0 bridgehead atoms. The summed E-state index contributed by atoms with van der Waals surface area (Å²) in [5.41, 5.74) is 0.353. The fraction of sp³-hybridized carbons (Fsp3) is 0.278. The number of nitro benzene ring substituents is 1. The summed E-state index contributed by atoms with van der Waals surface area (Å²) in [6.07, 6.45) is -0.313. The number of fused-ring (bicyclic) bond motifs is 1. The van der Waals surface area contributed by atoms with Crippen molar-refractivity contribution in [3.8, 4) is 11.5 Å². The van der Waals surface area contributed by atoms with Crippen molar-refractivity contribution in [1.82, 2.24) is 4.90 Å². The van der Waals surface area contributed by atoms with Gasteiger partial charge in [0.1, 0.15) is 6.61 Å². The number of hydrogen-bond acceptors (Lipinski definition) is 5. The second-order valence-electron chi connectivity index (χ2n) is 5.83. The number of nitro groups is 1. The maximum absolute atomic E-state index is 12.4. The molecule has 0 aromatic heterocycles. The third-order valence-corrected chi connectivity index (χ3v) is 4.00. The van der Waals surface area contributed by atoms with Crippen LogP contribution in [-0.2, 0) is 11.2 Å². The van der Waals surface area contributed by atoms with Crippen LogP contribution in [0.4, 0.5) is 5.69 Å². The normalized spacial score (nSPS) is 15.5. The Morgan fingerprint density at radius 1 is 1.20 bits per heavy atom. The highest BCUT2D eigenvalue weighted by Crippen LogP contribution is 2.31. The molecule has 2 aromatic rings. The summed E-state index contributed by atoms with van der Waals surface area (Å²) in [5, 5.41) is 11.1. The predicted octanol–water partition coefficient (Wildman–Crippen LogP) is 2.44. The van der Waals surface area contributed by atoms with Gasteiger partial charge in [-0.2, -0.15) is 0 Å². The van der Waals surface area contributed by atoms with Crippen molar-refractivity contribution in [2.75, 3.05) is 20.2 Å². The second-order valence-corrected chi connectivity index (χ2v) is 5.83. The molecule has 7 heteroatoms. The van der Waals surface area contributed by atoms with Crippen LogP contribution in [0, 0.1) is 10.1 Å². The molecule has 3 rings (SSSR count). The Morgan fingerprint density at radius 2 is 1.88 bits per heavy atom. The largest absolute Gasteiger partial charge is 0.486 e.